The normalized spacial score (nSPS) is 11.3. The SMILES string of the molecule is O=C=NS(=O)(=O)CCCCCS(=O)(=O)N=C=O. The Morgan fingerprint density at radius 2 is 1.06 bits per heavy atom. The average molecular weight is 282 g/mol. The molecular weight excluding hydrogens is 272 g/mol. The monoisotopic (exact) mass is 282 g/mol. The maximum atomic E-state index is 10.9. The van der Waals surface area contributed by atoms with Crippen LogP contribution in [0.5, 0.6) is 0 Å². The van der Waals surface area contributed by atoms with Crippen LogP contribution < -0.4 is 0 Å². The van der Waals surface area contributed by atoms with Crippen LogP contribution in [0.4, 0.5) is 0 Å². The van der Waals surface area contributed by atoms with Gasteiger partial charge in [-0.15, -0.1) is 0 Å². The zero-order valence-corrected chi connectivity index (χ0v) is 10.3. The zero-order valence-electron chi connectivity index (χ0n) is 8.70. The predicted octanol–water partition coefficient (Wildman–Crippen LogP) is -0.512. The van der Waals surface area contributed by atoms with Crippen molar-refractivity contribution in [1.82, 2.24) is 0 Å². The van der Waals surface area contributed by atoms with Crippen molar-refractivity contribution in [3.05, 3.63) is 0 Å². The van der Waals surface area contributed by atoms with Gasteiger partial charge in [-0.05, 0) is 12.8 Å². The number of sulfonamides is 2. The van der Waals surface area contributed by atoms with E-state index in [1.807, 2.05) is 0 Å². The Hall–Kier alpha value is -1.34. The van der Waals surface area contributed by atoms with E-state index in [0.29, 0.717) is 6.42 Å². The first-order chi connectivity index (χ1) is 7.83. The Morgan fingerprint density at radius 1 is 0.706 bits per heavy atom. The molecular formula is C7H10N2O6S2. The van der Waals surface area contributed by atoms with Gasteiger partial charge in [0.1, 0.15) is 0 Å². The van der Waals surface area contributed by atoms with Crippen LogP contribution in [0.25, 0.3) is 0 Å². The summed E-state index contributed by atoms with van der Waals surface area (Å²) < 4.78 is 48.7. The lowest BCUT2D eigenvalue weighted by molar-refractivity contribution is 0.562. The molecule has 0 unspecified atom stereocenters. The summed E-state index contributed by atoms with van der Waals surface area (Å²) in [5, 5.41) is 0. The topological polar surface area (TPSA) is 127 Å². The van der Waals surface area contributed by atoms with Crippen molar-refractivity contribution in [2.75, 3.05) is 11.5 Å². The largest absolute Gasteiger partial charge is 0.263 e. The van der Waals surface area contributed by atoms with Gasteiger partial charge in [-0.3, -0.25) is 0 Å². The van der Waals surface area contributed by atoms with Crippen molar-refractivity contribution in [3.8, 4) is 0 Å². The summed E-state index contributed by atoms with van der Waals surface area (Å²) in [5.41, 5.74) is 0. The quantitative estimate of drug-likeness (QED) is 0.335. The highest BCUT2D eigenvalue weighted by Gasteiger charge is 2.10. The maximum Gasteiger partial charge on any atom is 0.263 e. The van der Waals surface area contributed by atoms with Crippen molar-refractivity contribution in [2.45, 2.75) is 19.3 Å². The van der Waals surface area contributed by atoms with E-state index < -0.39 is 20.0 Å². The number of rotatable bonds is 8. The molecule has 0 rings (SSSR count). The fourth-order valence-corrected chi connectivity index (χ4v) is 2.50. The molecule has 0 saturated carbocycles. The lowest BCUT2D eigenvalue weighted by Gasteiger charge is -1.98. The maximum absolute atomic E-state index is 10.9. The van der Waals surface area contributed by atoms with Gasteiger partial charge in [-0.2, -0.15) is 0 Å². The molecule has 0 spiro atoms. The minimum absolute atomic E-state index is 0.161. The first kappa shape index (κ1) is 15.7. The van der Waals surface area contributed by atoms with E-state index in [4.69, 9.17) is 0 Å². The summed E-state index contributed by atoms with van der Waals surface area (Å²) in [6, 6.07) is 0. The van der Waals surface area contributed by atoms with Crippen LogP contribution in [0.1, 0.15) is 19.3 Å². The standard InChI is InChI=1S/C7H10N2O6S2/c10-6-8-16(12,13)4-2-1-3-5-17(14,15)9-7-11/h1-5H2. The van der Waals surface area contributed by atoms with Gasteiger partial charge in [0.05, 0.1) is 11.5 Å². The molecule has 8 nitrogen and oxygen atoms in total. The molecule has 17 heavy (non-hydrogen) atoms. The highest BCUT2D eigenvalue weighted by molar-refractivity contribution is 7.90. The third-order valence-corrected chi connectivity index (χ3v) is 3.97. The van der Waals surface area contributed by atoms with E-state index in [1.165, 1.54) is 0 Å². The van der Waals surface area contributed by atoms with E-state index in [9.17, 15) is 26.4 Å². The first-order valence-electron chi connectivity index (χ1n) is 4.46. The lowest BCUT2D eigenvalue weighted by Crippen LogP contribution is -2.05. The Morgan fingerprint density at radius 3 is 1.35 bits per heavy atom. The molecule has 0 aliphatic carbocycles. The molecule has 0 aromatic rings. The molecule has 0 radical (unpaired) electrons. The number of hydrogen-bond donors (Lipinski definition) is 0. The third kappa shape index (κ3) is 8.47. The second-order valence-corrected chi connectivity index (χ2v) is 6.51. The molecule has 0 bridgehead atoms. The van der Waals surface area contributed by atoms with Crippen molar-refractivity contribution in [3.63, 3.8) is 0 Å². The Labute approximate surface area is 98.6 Å². The van der Waals surface area contributed by atoms with Gasteiger partial charge in [0.2, 0.25) is 0 Å². The molecule has 0 saturated heterocycles. The molecule has 96 valence electrons. The molecule has 10 heteroatoms. The minimum Gasteiger partial charge on any atom is -0.210 e. The smallest absolute Gasteiger partial charge is 0.210 e. The summed E-state index contributed by atoms with van der Waals surface area (Å²) in [6.45, 7) is 0. The highest BCUT2D eigenvalue weighted by atomic mass is 32.2. The molecule has 0 aromatic carbocycles. The second-order valence-electron chi connectivity index (χ2n) is 3.00. The van der Waals surface area contributed by atoms with Gasteiger partial charge < -0.3 is 0 Å². The van der Waals surface area contributed by atoms with Crippen LogP contribution in [0.2, 0.25) is 0 Å². The Bertz CT molecular complexity index is 487. The van der Waals surface area contributed by atoms with E-state index in [0.717, 1.165) is 12.2 Å². The third-order valence-electron chi connectivity index (χ3n) is 1.66. The molecule has 0 aliphatic heterocycles. The molecule has 0 amide bonds. The van der Waals surface area contributed by atoms with Gasteiger partial charge in [0.25, 0.3) is 32.2 Å². The van der Waals surface area contributed by atoms with E-state index >= 15 is 0 Å². The second kappa shape index (κ2) is 7.08. The summed E-state index contributed by atoms with van der Waals surface area (Å²) >= 11 is 0. The van der Waals surface area contributed by atoms with Gasteiger partial charge in [0, 0.05) is 0 Å². The Kier molecular flexibility index (Phi) is 6.52. The summed E-state index contributed by atoms with van der Waals surface area (Å²) in [6.07, 6.45) is 2.46. The van der Waals surface area contributed by atoms with Crippen molar-refractivity contribution in [1.29, 1.82) is 0 Å². The van der Waals surface area contributed by atoms with Gasteiger partial charge >= 0.3 is 0 Å². The van der Waals surface area contributed by atoms with E-state index in [2.05, 4.69) is 8.80 Å². The molecule has 0 fully saturated rings. The molecule has 0 aromatic heterocycles. The summed E-state index contributed by atoms with van der Waals surface area (Å²) in [4.78, 5) is 19.4. The highest BCUT2D eigenvalue weighted by Crippen LogP contribution is 2.04. The molecule has 0 heterocycles. The van der Waals surface area contributed by atoms with Crippen molar-refractivity contribution in [2.24, 2.45) is 8.80 Å². The van der Waals surface area contributed by atoms with E-state index in [1.54, 1.807) is 0 Å². The van der Waals surface area contributed by atoms with E-state index in [-0.39, 0.29) is 24.3 Å². The number of hydrogen-bond acceptors (Lipinski definition) is 6. The van der Waals surface area contributed by atoms with Crippen LogP contribution in [0, 0.1) is 0 Å². The van der Waals surface area contributed by atoms with Crippen LogP contribution in [0.3, 0.4) is 0 Å². The summed E-state index contributed by atoms with van der Waals surface area (Å²) in [5.74, 6) is -0.696. The molecule has 0 aliphatic rings. The fraction of sp³-hybridized carbons (Fsp3) is 0.714. The molecule has 0 N–H and O–H groups in total. The first-order valence-corrected chi connectivity index (χ1v) is 7.68. The average Bonchev–Trinajstić information content (AvgIpc) is 2.16. The van der Waals surface area contributed by atoms with Gasteiger partial charge in [-0.1, -0.05) is 15.2 Å². The zero-order chi connectivity index (χ0) is 13.4. The van der Waals surface area contributed by atoms with Crippen LogP contribution >= 0.6 is 0 Å². The number of nitrogens with zero attached hydrogens (tertiary/aromatic N) is 2. The van der Waals surface area contributed by atoms with Gasteiger partial charge in [0.15, 0.2) is 0 Å². The van der Waals surface area contributed by atoms with Crippen molar-refractivity contribution < 1.29 is 26.4 Å². The summed E-state index contributed by atoms with van der Waals surface area (Å²) in [7, 11) is -7.58. The number of unbranched alkanes of at least 4 members (excludes halogenated alkanes) is 2. The molecule has 0 atom stereocenters. The van der Waals surface area contributed by atoms with Crippen LogP contribution in [0.15, 0.2) is 8.80 Å². The van der Waals surface area contributed by atoms with Crippen LogP contribution in [-0.4, -0.2) is 40.5 Å². The number of isocyanates is 2. The fourth-order valence-electron chi connectivity index (χ4n) is 0.951. The van der Waals surface area contributed by atoms with Gasteiger partial charge in [-0.25, -0.2) is 26.4 Å². The number of carbonyl (C=O) groups excluding carboxylic acids is 2. The van der Waals surface area contributed by atoms with Crippen molar-refractivity contribution >= 4 is 32.2 Å². The Balaban J connectivity index is 3.97. The predicted molar refractivity (Wildman–Crippen MR) is 57.7 cm³/mol. The lowest BCUT2D eigenvalue weighted by atomic mass is 10.3. The van der Waals surface area contributed by atoms with Crippen LogP contribution in [-0.2, 0) is 29.6 Å². The minimum atomic E-state index is -3.79.